The first-order valence-corrected chi connectivity index (χ1v) is 6.45. The van der Waals surface area contributed by atoms with E-state index in [2.05, 4.69) is 12.2 Å². The molecule has 1 saturated heterocycles. The number of carbonyl (C=O) groups excluding carboxylic acids is 1. The van der Waals surface area contributed by atoms with E-state index in [1.165, 1.54) is 0 Å². The molecule has 0 spiro atoms. The third kappa shape index (κ3) is 5.56. The third-order valence-electron chi connectivity index (χ3n) is 3.22. The molecule has 1 aliphatic rings. The van der Waals surface area contributed by atoms with Gasteiger partial charge in [-0.2, -0.15) is 0 Å². The lowest BCUT2D eigenvalue weighted by Crippen LogP contribution is -2.44. The van der Waals surface area contributed by atoms with Crippen LogP contribution in [-0.4, -0.2) is 36.4 Å². The Morgan fingerprint density at radius 2 is 2.06 bits per heavy atom. The molecule has 0 radical (unpaired) electrons. The minimum Gasteiger partial charge on any atom is -0.388 e. The summed E-state index contributed by atoms with van der Waals surface area (Å²) in [6.07, 6.45) is 4.59. The number of carbonyl (C=O) groups is 1. The van der Waals surface area contributed by atoms with Crippen molar-refractivity contribution in [1.29, 1.82) is 5.41 Å². The maximum atomic E-state index is 11.7. The Balaban J connectivity index is 2.06. The van der Waals surface area contributed by atoms with Crippen molar-refractivity contribution in [2.75, 3.05) is 19.6 Å². The summed E-state index contributed by atoms with van der Waals surface area (Å²) in [7, 11) is 0. The molecule has 5 heteroatoms. The smallest absolute Gasteiger partial charge is 0.317 e. The van der Waals surface area contributed by atoms with Gasteiger partial charge in [-0.1, -0.05) is 6.92 Å². The predicted molar refractivity (Wildman–Crippen MR) is 69.1 cm³/mol. The zero-order valence-electron chi connectivity index (χ0n) is 10.7. The molecule has 0 aliphatic carbocycles. The number of nitrogens with two attached hydrogens (primary N) is 1. The van der Waals surface area contributed by atoms with Gasteiger partial charge in [-0.25, -0.2) is 4.79 Å². The molecule has 5 nitrogen and oxygen atoms in total. The summed E-state index contributed by atoms with van der Waals surface area (Å²) in [6.45, 7) is 4.66. The Morgan fingerprint density at radius 3 is 2.65 bits per heavy atom. The molecule has 0 bridgehead atoms. The first kappa shape index (κ1) is 13.8. The van der Waals surface area contributed by atoms with Gasteiger partial charge < -0.3 is 16.0 Å². The molecule has 1 heterocycles. The molecule has 0 aromatic rings. The van der Waals surface area contributed by atoms with E-state index >= 15 is 0 Å². The molecule has 0 saturated carbocycles. The monoisotopic (exact) mass is 240 g/mol. The van der Waals surface area contributed by atoms with Gasteiger partial charge in [-0.3, -0.25) is 5.41 Å². The van der Waals surface area contributed by atoms with E-state index < -0.39 is 0 Å². The SMILES string of the molecule is CC1CCN(C(=O)NCCCCC(=N)N)CC1. The number of hydrogen-bond donors (Lipinski definition) is 3. The first-order valence-electron chi connectivity index (χ1n) is 6.45. The van der Waals surface area contributed by atoms with Crippen LogP contribution in [0, 0.1) is 11.3 Å². The molecule has 0 aromatic heterocycles. The normalized spacial score (nSPS) is 16.9. The van der Waals surface area contributed by atoms with Crippen molar-refractivity contribution in [2.45, 2.75) is 39.0 Å². The molecular weight excluding hydrogens is 216 g/mol. The maximum Gasteiger partial charge on any atom is 0.317 e. The molecule has 0 aromatic carbocycles. The van der Waals surface area contributed by atoms with E-state index in [9.17, 15) is 4.79 Å². The van der Waals surface area contributed by atoms with Crippen LogP contribution in [0.4, 0.5) is 4.79 Å². The largest absolute Gasteiger partial charge is 0.388 e. The Labute approximate surface area is 103 Å². The van der Waals surface area contributed by atoms with Gasteiger partial charge in [0.15, 0.2) is 0 Å². The molecule has 1 fully saturated rings. The van der Waals surface area contributed by atoms with Crippen molar-refractivity contribution in [3.05, 3.63) is 0 Å². The molecule has 4 N–H and O–H groups in total. The minimum absolute atomic E-state index is 0.0553. The van der Waals surface area contributed by atoms with Crippen LogP contribution >= 0.6 is 0 Å². The van der Waals surface area contributed by atoms with Crippen LogP contribution in [0.2, 0.25) is 0 Å². The molecule has 98 valence electrons. The fraction of sp³-hybridized carbons (Fsp3) is 0.833. The summed E-state index contributed by atoms with van der Waals surface area (Å²) >= 11 is 0. The topological polar surface area (TPSA) is 82.2 Å². The number of amides is 2. The fourth-order valence-corrected chi connectivity index (χ4v) is 1.96. The molecule has 1 rings (SSSR count). The summed E-state index contributed by atoms with van der Waals surface area (Å²) in [5.74, 6) is 0.968. The van der Waals surface area contributed by atoms with Crippen LogP contribution in [0.15, 0.2) is 0 Å². The molecule has 2 amide bonds. The number of amidine groups is 1. The van der Waals surface area contributed by atoms with Crippen LogP contribution in [0.3, 0.4) is 0 Å². The lowest BCUT2D eigenvalue weighted by molar-refractivity contribution is 0.174. The number of nitrogens with one attached hydrogen (secondary N) is 2. The highest BCUT2D eigenvalue weighted by molar-refractivity contribution is 5.76. The third-order valence-corrected chi connectivity index (χ3v) is 3.22. The second kappa shape index (κ2) is 7.14. The average Bonchev–Trinajstić information content (AvgIpc) is 2.29. The van der Waals surface area contributed by atoms with Crippen LogP contribution in [0.25, 0.3) is 0 Å². The van der Waals surface area contributed by atoms with E-state index in [-0.39, 0.29) is 11.9 Å². The lowest BCUT2D eigenvalue weighted by atomic mass is 10.00. The highest BCUT2D eigenvalue weighted by Crippen LogP contribution is 2.15. The summed E-state index contributed by atoms with van der Waals surface area (Å²) in [6, 6.07) is 0.0553. The Kier molecular flexibility index (Phi) is 5.80. The van der Waals surface area contributed by atoms with Crippen LogP contribution < -0.4 is 11.1 Å². The summed E-state index contributed by atoms with van der Waals surface area (Å²) in [4.78, 5) is 13.6. The molecule has 17 heavy (non-hydrogen) atoms. The quantitative estimate of drug-likeness (QED) is 0.387. The van der Waals surface area contributed by atoms with Crippen molar-refractivity contribution < 1.29 is 4.79 Å². The number of unbranched alkanes of at least 4 members (excludes halogenated alkanes) is 1. The fourth-order valence-electron chi connectivity index (χ4n) is 1.96. The summed E-state index contributed by atoms with van der Waals surface area (Å²) < 4.78 is 0. The predicted octanol–water partition coefficient (Wildman–Crippen LogP) is 1.53. The van der Waals surface area contributed by atoms with Gasteiger partial charge >= 0.3 is 6.03 Å². The number of piperidine rings is 1. The van der Waals surface area contributed by atoms with Gasteiger partial charge in [-0.05, 0) is 31.6 Å². The van der Waals surface area contributed by atoms with Crippen LogP contribution in [0.5, 0.6) is 0 Å². The summed E-state index contributed by atoms with van der Waals surface area (Å²) in [5, 5.41) is 9.99. The molecule has 1 aliphatic heterocycles. The number of hydrogen-bond acceptors (Lipinski definition) is 2. The molecule has 0 unspecified atom stereocenters. The van der Waals surface area contributed by atoms with Gasteiger partial charge in [-0.15, -0.1) is 0 Å². The van der Waals surface area contributed by atoms with E-state index in [0.717, 1.165) is 44.7 Å². The Hall–Kier alpha value is -1.26. The van der Waals surface area contributed by atoms with Gasteiger partial charge in [0, 0.05) is 26.1 Å². The number of urea groups is 1. The number of nitrogens with zero attached hydrogens (tertiary/aromatic N) is 1. The standard InChI is InChI=1S/C12H24N4O/c1-10-5-8-16(9-6-10)12(17)15-7-3-2-4-11(13)14/h10H,2-9H2,1H3,(H3,13,14)(H,15,17). The van der Waals surface area contributed by atoms with Gasteiger partial charge in [0.25, 0.3) is 0 Å². The van der Waals surface area contributed by atoms with E-state index in [1.807, 2.05) is 4.90 Å². The molecule has 0 atom stereocenters. The second-order valence-electron chi connectivity index (χ2n) is 4.88. The highest BCUT2D eigenvalue weighted by Gasteiger charge is 2.19. The highest BCUT2D eigenvalue weighted by atomic mass is 16.2. The van der Waals surface area contributed by atoms with Crippen LogP contribution in [-0.2, 0) is 0 Å². The van der Waals surface area contributed by atoms with Crippen molar-refractivity contribution >= 4 is 11.9 Å². The van der Waals surface area contributed by atoms with Crippen molar-refractivity contribution in [3.63, 3.8) is 0 Å². The van der Waals surface area contributed by atoms with E-state index in [1.54, 1.807) is 0 Å². The van der Waals surface area contributed by atoms with E-state index in [4.69, 9.17) is 11.1 Å². The maximum absolute atomic E-state index is 11.7. The van der Waals surface area contributed by atoms with Crippen molar-refractivity contribution in [1.82, 2.24) is 10.2 Å². The van der Waals surface area contributed by atoms with Crippen molar-refractivity contribution in [2.24, 2.45) is 11.7 Å². The molecular formula is C12H24N4O. The van der Waals surface area contributed by atoms with Gasteiger partial charge in [0.2, 0.25) is 0 Å². The zero-order chi connectivity index (χ0) is 12.7. The minimum atomic E-state index is 0.0553. The number of likely N-dealkylation sites (tertiary alicyclic amines) is 1. The average molecular weight is 240 g/mol. The second-order valence-corrected chi connectivity index (χ2v) is 4.88. The summed E-state index contributed by atoms with van der Waals surface area (Å²) in [5.41, 5.74) is 5.25. The Bertz CT molecular complexity index is 259. The zero-order valence-corrected chi connectivity index (χ0v) is 10.7. The van der Waals surface area contributed by atoms with Gasteiger partial charge in [0.1, 0.15) is 0 Å². The Morgan fingerprint density at radius 1 is 1.41 bits per heavy atom. The number of rotatable bonds is 5. The lowest BCUT2D eigenvalue weighted by Gasteiger charge is -2.30. The van der Waals surface area contributed by atoms with E-state index in [0.29, 0.717) is 13.0 Å². The van der Waals surface area contributed by atoms with Gasteiger partial charge in [0.05, 0.1) is 5.84 Å². The first-order chi connectivity index (χ1) is 8.09. The van der Waals surface area contributed by atoms with Crippen LogP contribution in [0.1, 0.15) is 39.0 Å². The van der Waals surface area contributed by atoms with Crippen molar-refractivity contribution in [3.8, 4) is 0 Å².